The lowest BCUT2D eigenvalue weighted by Crippen LogP contribution is -2.30. The maximum absolute atomic E-state index is 13.1. The minimum absolute atomic E-state index is 0.107. The summed E-state index contributed by atoms with van der Waals surface area (Å²) >= 11 is 0. The average Bonchev–Trinajstić information content (AvgIpc) is 0.921. The number of hydrogen-bond donors (Lipinski definition) is 3. The van der Waals surface area contributed by atoms with Crippen molar-refractivity contribution in [2.45, 2.75) is 464 Å². The Bertz CT molecular complexity index is 1980. The lowest BCUT2D eigenvalue weighted by Gasteiger charge is -2.21. The van der Waals surface area contributed by atoms with Crippen LogP contribution in [0, 0.1) is 11.8 Å². The molecule has 0 aromatic rings. The zero-order chi connectivity index (χ0) is 75.6. The number of phosphoric acid groups is 2. The molecule has 5 atom stereocenters. The quantitative estimate of drug-likeness (QED) is 0.0222. The minimum atomic E-state index is -4.96. The fourth-order valence-corrected chi connectivity index (χ4v) is 14.6. The third-order valence-corrected chi connectivity index (χ3v) is 21.6. The van der Waals surface area contributed by atoms with E-state index in [1.807, 2.05) is 0 Å². The van der Waals surface area contributed by atoms with Crippen LogP contribution in [0.25, 0.3) is 0 Å². The summed E-state index contributed by atoms with van der Waals surface area (Å²) in [5.74, 6) is -0.514. The maximum atomic E-state index is 13.1. The first-order valence-electron chi connectivity index (χ1n) is 43.5. The molecule has 0 aliphatic heterocycles. The van der Waals surface area contributed by atoms with Gasteiger partial charge in [0.25, 0.3) is 0 Å². The van der Waals surface area contributed by atoms with Crippen LogP contribution in [0.2, 0.25) is 0 Å². The third-order valence-electron chi connectivity index (χ3n) is 19.7. The van der Waals surface area contributed by atoms with Crippen LogP contribution in [-0.2, 0) is 65.4 Å². The smallest absolute Gasteiger partial charge is 0.462 e. The van der Waals surface area contributed by atoms with Crippen LogP contribution in [0.3, 0.4) is 0 Å². The third kappa shape index (κ3) is 78.0. The van der Waals surface area contributed by atoms with E-state index < -0.39 is 97.5 Å². The van der Waals surface area contributed by atoms with Crippen LogP contribution in [0.15, 0.2) is 0 Å². The number of aliphatic hydroxyl groups excluding tert-OH is 1. The van der Waals surface area contributed by atoms with Gasteiger partial charge < -0.3 is 33.8 Å². The first-order valence-corrected chi connectivity index (χ1v) is 46.5. The molecule has 0 saturated heterocycles. The van der Waals surface area contributed by atoms with Crippen molar-refractivity contribution in [1.82, 2.24) is 0 Å². The van der Waals surface area contributed by atoms with Gasteiger partial charge in [-0.3, -0.25) is 37.3 Å². The molecule has 0 saturated carbocycles. The van der Waals surface area contributed by atoms with Gasteiger partial charge in [0.15, 0.2) is 12.2 Å². The Kier molecular flexibility index (Phi) is 74.1. The molecule has 0 aromatic carbocycles. The highest BCUT2D eigenvalue weighted by Gasteiger charge is 2.30. The minimum Gasteiger partial charge on any atom is -0.462 e. The summed E-state index contributed by atoms with van der Waals surface area (Å²) in [6.07, 6.45) is 66.8. The van der Waals surface area contributed by atoms with E-state index in [0.29, 0.717) is 25.7 Å². The van der Waals surface area contributed by atoms with Crippen molar-refractivity contribution in [3.8, 4) is 0 Å². The number of unbranched alkanes of at least 4 members (excludes halogenated alkanes) is 53. The van der Waals surface area contributed by atoms with E-state index in [2.05, 4.69) is 41.5 Å². The summed E-state index contributed by atoms with van der Waals surface area (Å²) in [5.41, 5.74) is 0. The van der Waals surface area contributed by atoms with Crippen molar-refractivity contribution in [2.24, 2.45) is 11.8 Å². The molecular formula is C84H164O17P2. The van der Waals surface area contributed by atoms with Crippen molar-refractivity contribution < 1.29 is 80.2 Å². The van der Waals surface area contributed by atoms with E-state index in [1.165, 1.54) is 257 Å². The molecule has 2 unspecified atom stereocenters. The first-order chi connectivity index (χ1) is 49.9. The van der Waals surface area contributed by atoms with Gasteiger partial charge in [0.2, 0.25) is 0 Å². The molecule has 17 nitrogen and oxygen atoms in total. The summed E-state index contributed by atoms with van der Waals surface area (Å²) < 4.78 is 68.7. The number of carbonyl (C=O) groups excluding carboxylic acids is 4. The van der Waals surface area contributed by atoms with Gasteiger partial charge in [0, 0.05) is 25.7 Å². The van der Waals surface area contributed by atoms with E-state index in [9.17, 15) is 43.2 Å². The summed E-state index contributed by atoms with van der Waals surface area (Å²) in [6.45, 7) is 9.67. The van der Waals surface area contributed by atoms with Crippen molar-refractivity contribution in [3.63, 3.8) is 0 Å². The van der Waals surface area contributed by atoms with Gasteiger partial charge in [0.1, 0.15) is 19.3 Å². The van der Waals surface area contributed by atoms with Crippen LogP contribution in [-0.4, -0.2) is 96.7 Å². The molecule has 612 valence electrons. The average molecular weight is 1510 g/mol. The first kappa shape index (κ1) is 101. The highest BCUT2D eigenvalue weighted by Crippen LogP contribution is 2.45. The molecule has 0 radical (unpaired) electrons. The Labute approximate surface area is 632 Å². The van der Waals surface area contributed by atoms with Gasteiger partial charge in [-0.15, -0.1) is 0 Å². The van der Waals surface area contributed by atoms with Gasteiger partial charge in [-0.05, 0) is 37.5 Å². The number of carbonyl (C=O) groups is 4. The van der Waals surface area contributed by atoms with Crippen LogP contribution in [0.5, 0.6) is 0 Å². The lowest BCUT2D eigenvalue weighted by atomic mass is 10.0. The Hall–Kier alpha value is -1.94. The highest BCUT2D eigenvalue weighted by molar-refractivity contribution is 7.47. The van der Waals surface area contributed by atoms with Crippen molar-refractivity contribution in [1.29, 1.82) is 0 Å². The zero-order valence-electron chi connectivity index (χ0n) is 67.6. The highest BCUT2D eigenvalue weighted by atomic mass is 31.2. The Morgan fingerprint density at radius 2 is 0.447 bits per heavy atom. The SMILES string of the molecule is CCCCCCCCCCCCCCCCCCCCCCCC(=O)O[C@H](COC(=O)CCCCCCCCCCCCCCCCCC(C)C)COP(=O)(O)OC[C@@H](O)COP(=O)(O)OC[C@@H](COC(=O)CCCCCCCCCC)OC(=O)CCCCCCCCCCCCCCCC(C)C. The summed E-state index contributed by atoms with van der Waals surface area (Å²) in [5, 5.41) is 10.6. The Morgan fingerprint density at radius 3 is 0.660 bits per heavy atom. The van der Waals surface area contributed by atoms with Crippen molar-refractivity contribution in [2.75, 3.05) is 39.6 Å². The molecule has 0 amide bonds. The van der Waals surface area contributed by atoms with Gasteiger partial charge >= 0.3 is 39.5 Å². The number of hydrogen-bond acceptors (Lipinski definition) is 15. The van der Waals surface area contributed by atoms with Gasteiger partial charge in [0.05, 0.1) is 26.4 Å². The molecule has 103 heavy (non-hydrogen) atoms. The molecule has 3 N–H and O–H groups in total. The monoisotopic (exact) mass is 1510 g/mol. The van der Waals surface area contributed by atoms with E-state index in [0.717, 1.165) is 108 Å². The van der Waals surface area contributed by atoms with E-state index in [1.54, 1.807) is 0 Å². The van der Waals surface area contributed by atoms with Crippen LogP contribution in [0.1, 0.15) is 446 Å². The number of rotatable bonds is 83. The normalized spacial score (nSPS) is 13.9. The van der Waals surface area contributed by atoms with Gasteiger partial charge in [-0.1, -0.05) is 395 Å². The second-order valence-corrected chi connectivity index (χ2v) is 34.1. The zero-order valence-corrected chi connectivity index (χ0v) is 69.4. The number of esters is 4. The molecule has 0 heterocycles. The fourth-order valence-electron chi connectivity index (χ4n) is 13.1. The predicted molar refractivity (Wildman–Crippen MR) is 423 cm³/mol. The Balaban J connectivity index is 5.19. The molecule has 0 spiro atoms. The fraction of sp³-hybridized carbons (Fsp3) is 0.952. The van der Waals surface area contributed by atoms with E-state index in [-0.39, 0.29) is 25.7 Å². The van der Waals surface area contributed by atoms with Crippen LogP contribution < -0.4 is 0 Å². The maximum Gasteiger partial charge on any atom is 0.472 e. The second kappa shape index (κ2) is 75.5. The van der Waals surface area contributed by atoms with E-state index >= 15 is 0 Å². The molecular weight excluding hydrogens is 1340 g/mol. The second-order valence-electron chi connectivity index (χ2n) is 31.2. The van der Waals surface area contributed by atoms with Crippen LogP contribution in [0.4, 0.5) is 0 Å². The van der Waals surface area contributed by atoms with Crippen molar-refractivity contribution in [3.05, 3.63) is 0 Å². The van der Waals surface area contributed by atoms with Gasteiger partial charge in [-0.25, -0.2) is 9.13 Å². The number of phosphoric ester groups is 2. The van der Waals surface area contributed by atoms with Gasteiger partial charge in [-0.2, -0.15) is 0 Å². The molecule has 0 aliphatic rings. The summed E-state index contributed by atoms with van der Waals surface area (Å²) in [4.78, 5) is 73.0. The molecule has 0 bridgehead atoms. The van der Waals surface area contributed by atoms with E-state index in [4.69, 9.17) is 37.0 Å². The number of aliphatic hydroxyl groups is 1. The molecule has 0 aromatic heterocycles. The number of ether oxygens (including phenoxy) is 4. The largest absolute Gasteiger partial charge is 0.472 e. The molecule has 0 aliphatic carbocycles. The molecule has 19 heteroatoms. The topological polar surface area (TPSA) is 237 Å². The van der Waals surface area contributed by atoms with Crippen molar-refractivity contribution >= 4 is 39.5 Å². The lowest BCUT2D eigenvalue weighted by molar-refractivity contribution is -0.161. The molecule has 0 rings (SSSR count). The standard InChI is InChI=1S/C84H164O17P2/c1-7-9-11-13-15-17-18-19-20-21-22-23-24-25-28-34-39-44-50-56-62-68-84(89)101-80(73-95-82(87)67-61-55-49-43-38-33-29-26-27-31-36-41-46-52-58-64-76(3)4)75-99-103(92,93)97-71-78(85)70-96-102(90,91)98-74-79(72-94-81(86)66-60-54-48-16-14-12-10-8-2)100-83(88)69-63-57-51-45-40-35-30-32-37-42-47-53-59-65-77(5)6/h76-80,85H,7-75H2,1-6H3,(H,90,91)(H,92,93)/t78-,79+,80+/m0/s1. The molecule has 0 fully saturated rings. The summed E-state index contributed by atoms with van der Waals surface area (Å²) in [7, 11) is -9.92. The van der Waals surface area contributed by atoms with Crippen LogP contribution >= 0.6 is 15.6 Å². The summed E-state index contributed by atoms with van der Waals surface area (Å²) in [6, 6.07) is 0. The predicted octanol–water partition coefficient (Wildman–Crippen LogP) is 25.5. The Morgan fingerprint density at radius 1 is 0.262 bits per heavy atom.